The molecule has 0 amide bonds. The largest absolute Gasteiger partial charge is 0 e. The van der Waals surface area contributed by atoms with E-state index < -0.39 is 6.60 Å². The summed E-state index contributed by atoms with van der Waals surface area (Å²) in [5.41, 5.74) is 1.09. The van der Waals surface area contributed by atoms with Gasteiger partial charge in [-0.15, -0.1) is 0 Å². The van der Waals surface area contributed by atoms with E-state index in [0.717, 1.165) is 21.5 Å². The summed E-state index contributed by atoms with van der Waals surface area (Å²) in [6.07, 6.45) is 0. The van der Waals surface area contributed by atoms with Crippen LogP contribution in [0.1, 0.15) is 18.1 Å². The van der Waals surface area contributed by atoms with Gasteiger partial charge in [0.1, 0.15) is 0 Å². The van der Waals surface area contributed by atoms with Crippen molar-refractivity contribution in [3.63, 3.8) is 0 Å². The van der Waals surface area contributed by atoms with Gasteiger partial charge in [-0.2, -0.15) is 0 Å². The van der Waals surface area contributed by atoms with Crippen LogP contribution < -0.4 is 15.9 Å². The summed E-state index contributed by atoms with van der Waals surface area (Å²) in [4.78, 5) is 14.2. The molecule has 0 radical (unpaired) electrons. The predicted molar refractivity (Wildman–Crippen MR) is 134 cm³/mol. The van der Waals surface area contributed by atoms with Crippen LogP contribution in [0.3, 0.4) is 0 Å². The van der Waals surface area contributed by atoms with Crippen molar-refractivity contribution < 1.29 is 25.9 Å². The first-order valence-corrected chi connectivity index (χ1v) is 13.2. The van der Waals surface area contributed by atoms with Crippen molar-refractivity contribution in [3.05, 3.63) is 127 Å². The average Bonchev–Trinajstić information content (AvgIpc) is 2.82. The van der Waals surface area contributed by atoms with Gasteiger partial charge in [0.2, 0.25) is 0 Å². The van der Waals surface area contributed by atoms with Crippen LogP contribution in [0.25, 0.3) is 0 Å². The van der Waals surface area contributed by atoms with Gasteiger partial charge in [-0.05, 0) is 0 Å². The molecule has 4 rings (SSSR count). The second-order valence-electron chi connectivity index (χ2n) is 7.53. The molecular weight excluding hydrogens is 646 g/mol. The van der Waals surface area contributed by atoms with Crippen molar-refractivity contribution in [2.45, 2.75) is 12.6 Å². The maximum Gasteiger partial charge on any atom is 0 e. The number of carbonyl (C=O) groups excluding carboxylic acids is 1. The molecule has 0 aromatic heterocycles. The van der Waals surface area contributed by atoms with Crippen LogP contribution in [0, 0.1) is 0 Å². The van der Waals surface area contributed by atoms with Crippen LogP contribution in [-0.2, 0) is 21.1 Å². The number of hydrogen-bond acceptors (Lipinski definition) is 1. The van der Waals surface area contributed by atoms with Crippen LogP contribution in [0.5, 0.6) is 0 Å². The number of benzene rings is 4. The minimum atomic E-state index is -3.64. The van der Waals surface area contributed by atoms with E-state index in [-0.39, 0.29) is 31.2 Å². The summed E-state index contributed by atoms with van der Waals surface area (Å²) in [5, 5.41) is 3.21. The third kappa shape index (κ3) is 3.50. The molecule has 4 aromatic carbocycles. The normalized spacial score (nSPS) is 13.3. The summed E-state index contributed by atoms with van der Waals surface area (Å²) in [6.45, 7) is -1.44. The van der Waals surface area contributed by atoms with Crippen LogP contribution in [0.2, 0.25) is 0 Å². The maximum atomic E-state index is 14.2. The zero-order valence-corrected chi connectivity index (χ0v) is 21.9. The van der Waals surface area contributed by atoms with Gasteiger partial charge in [0.25, 0.3) is 0 Å². The minimum Gasteiger partial charge on any atom is 0 e. The molecule has 0 bridgehead atoms. The van der Waals surface area contributed by atoms with Gasteiger partial charge < -0.3 is 0 Å². The molecule has 0 fully saturated rings. The van der Waals surface area contributed by atoms with Gasteiger partial charge in [-0.3, -0.25) is 0 Å². The van der Waals surface area contributed by atoms with E-state index in [0.29, 0.717) is 0 Å². The Kier molecular flexibility index (Phi) is 7.48. The second-order valence-corrected chi connectivity index (χ2v) is 14.0. The Morgan fingerprint density at radius 2 is 0.903 bits per heavy atom. The fourth-order valence-corrected chi connectivity index (χ4v) is 13.9. The van der Waals surface area contributed by atoms with Crippen molar-refractivity contribution >= 4 is 42.9 Å². The zero-order valence-electron chi connectivity index (χ0n) is 17.2. The van der Waals surface area contributed by atoms with Gasteiger partial charge in [0.05, 0.1) is 0 Å². The Morgan fingerprint density at radius 1 is 0.613 bits per heavy atom. The van der Waals surface area contributed by atoms with E-state index in [4.69, 9.17) is 0 Å². The number of hydrogen-bond donors (Lipinski definition) is 0. The van der Waals surface area contributed by atoms with Crippen molar-refractivity contribution in [1.29, 1.82) is 0 Å². The predicted octanol–water partition coefficient (Wildman–Crippen LogP) is 6.79. The summed E-state index contributed by atoms with van der Waals surface area (Å²) in [5.74, 6) is 0. The molecule has 1 unspecified atom stereocenters. The molecule has 0 aliphatic carbocycles. The van der Waals surface area contributed by atoms with E-state index >= 15 is 0 Å². The Hall–Kier alpha value is -1.85. The third-order valence-corrected chi connectivity index (χ3v) is 15.2. The second kappa shape index (κ2) is 9.74. The van der Waals surface area contributed by atoms with Crippen molar-refractivity contribution in [1.82, 2.24) is 0 Å². The molecule has 0 saturated heterocycles. The van der Waals surface area contributed by atoms with Gasteiger partial charge in [-0.25, -0.2) is 0 Å². The van der Waals surface area contributed by atoms with Crippen LogP contribution in [0.4, 0.5) is 4.79 Å². The van der Waals surface area contributed by atoms with E-state index in [1.165, 1.54) is 0 Å². The molecular formula is C27H24BrOPPt. The Morgan fingerprint density at radius 3 is 1.19 bits per heavy atom. The SMILES string of the molecule is CC(c1ccccc1)P(C(=O)Br)(c1ccccc1)(c1ccccc1)c1ccccc1.[Pt]. The minimum absolute atomic E-state index is 0. The van der Waals surface area contributed by atoms with Crippen LogP contribution in [-0.4, -0.2) is 4.43 Å². The summed E-state index contributed by atoms with van der Waals surface area (Å²) < 4.78 is 0.0495. The average molecular weight is 670 g/mol. The molecule has 0 N–H and O–H groups in total. The Labute approximate surface area is 207 Å². The van der Waals surface area contributed by atoms with Crippen LogP contribution >= 0.6 is 22.5 Å². The molecule has 0 spiro atoms. The number of carbonyl (C=O) groups is 1. The van der Waals surface area contributed by atoms with Gasteiger partial charge >= 0.3 is 187 Å². The monoisotopic (exact) mass is 669 g/mol. The molecule has 4 heteroatoms. The summed E-state index contributed by atoms with van der Waals surface area (Å²) in [6, 6.07) is 41.4. The maximum absolute atomic E-state index is 14.2. The zero-order chi connectivity index (χ0) is 21.1. The molecule has 1 atom stereocenters. The first-order valence-electron chi connectivity index (χ1n) is 10.1. The van der Waals surface area contributed by atoms with E-state index in [9.17, 15) is 4.79 Å². The molecule has 0 aliphatic rings. The van der Waals surface area contributed by atoms with Crippen molar-refractivity contribution in [3.8, 4) is 0 Å². The molecule has 160 valence electrons. The Bertz CT molecular complexity index is 1040. The summed E-state index contributed by atoms with van der Waals surface area (Å²) >= 11 is 3.58. The van der Waals surface area contributed by atoms with Crippen LogP contribution in [0.15, 0.2) is 121 Å². The first kappa shape index (κ1) is 23.8. The van der Waals surface area contributed by atoms with Gasteiger partial charge in [0, 0.05) is 21.1 Å². The van der Waals surface area contributed by atoms with E-state index in [2.05, 4.69) is 83.5 Å². The number of rotatable bonds is 6. The van der Waals surface area contributed by atoms with Gasteiger partial charge in [0.15, 0.2) is 0 Å². The smallest absolute Gasteiger partial charge is 0 e. The molecule has 0 heterocycles. The molecule has 4 aromatic rings. The fourth-order valence-electron chi connectivity index (χ4n) is 4.82. The van der Waals surface area contributed by atoms with Gasteiger partial charge in [-0.1, -0.05) is 0 Å². The van der Waals surface area contributed by atoms with E-state index in [1.54, 1.807) is 0 Å². The number of halogens is 1. The molecule has 0 aliphatic heterocycles. The third-order valence-electron chi connectivity index (χ3n) is 6.30. The fraction of sp³-hybridized carbons (Fsp3) is 0.0741. The first-order chi connectivity index (χ1) is 14.6. The quantitative estimate of drug-likeness (QED) is 0.163. The van der Waals surface area contributed by atoms with E-state index in [1.807, 2.05) is 60.7 Å². The van der Waals surface area contributed by atoms with Crippen molar-refractivity contribution in [2.75, 3.05) is 0 Å². The Balaban J connectivity index is 0.00000272. The summed E-state index contributed by atoms with van der Waals surface area (Å²) in [7, 11) is 0. The standard InChI is InChI=1S/C27H24BrOP.Pt/c1-22(23-14-6-2-7-15-23)30(27(28)29,24-16-8-3-9-17-24,25-18-10-4-11-19-25)26-20-12-5-13-21-26;/h2-22H,1H3;. The molecule has 31 heavy (non-hydrogen) atoms. The van der Waals surface area contributed by atoms with Crippen molar-refractivity contribution in [2.24, 2.45) is 0 Å². The topological polar surface area (TPSA) is 17.1 Å². The molecule has 1 nitrogen and oxygen atoms in total. The molecule has 0 saturated carbocycles.